The molecule has 3 rings (SSSR count). The zero-order valence-electron chi connectivity index (χ0n) is 17.1. The van der Waals surface area contributed by atoms with Gasteiger partial charge in [0.25, 0.3) is 5.78 Å². The molecule has 0 saturated carbocycles. The van der Waals surface area contributed by atoms with Crippen LogP contribution in [-0.2, 0) is 4.79 Å². The highest BCUT2D eigenvalue weighted by Gasteiger charge is 2.21. The average molecular weight is 415 g/mol. The number of benzene rings is 1. The molecule has 2 aromatic heterocycles. The zero-order valence-corrected chi connectivity index (χ0v) is 17.9. The van der Waals surface area contributed by atoms with Gasteiger partial charge in [0, 0.05) is 24.8 Å². The van der Waals surface area contributed by atoms with Crippen molar-refractivity contribution in [2.45, 2.75) is 38.9 Å². The number of anilines is 3. The summed E-state index contributed by atoms with van der Waals surface area (Å²) in [6.45, 7) is 9.36. The molecule has 0 bridgehead atoms. The summed E-state index contributed by atoms with van der Waals surface area (Å²) in [5.74, 6) is 1.76. The molecule has 1 amide bonds. The summed E-state index contributed by atoms with van der Waals surface area (Å²) in [5, 5.41) is 15.3. The Kier molecular flexibility index (Phi) is 6.86. The molecule has 0 atom stereocenters. The fourth-order valence-electron chi connectivity index (χ4n) is 2.91. The largest absolute Gasteiger partial charge is 0.355 e. The van der Waals surface area contributed by atoms with Crippen molar-refractivity contribution in [1.82, 2.24) is 24.6 Å². The van der Waals surface area contributed by atoms with Gasteiger partial charge in [-0.1, -0.05) is 30.0 Å². The van der Waals surface area contributed by atoms with E-state index in [0.717, 1.165) is 5.69 Å². The van der Waals surface area contributed by atoms with Crippen molar-refractivity contribution in [3.8, 4) is 0 Å². The Morgan fingerprint density at radius 2 is 1.83 bits per heavy atom. The molecule has 2 N–H and O–H groups in total. The van der Waals surface area contributed by atoms with Gasteiger partial charge in [0.1, 0.15) is 0 Å². The van der Waals surface area contributed by atoms with Gasteiger partial charge in [-0.25, -0.2) is 4.40 Å². The van der Waals surface area contributed by atoms with Crippen molar-refractivity contribution < 1.29 is 4.79 Å². The molecule has 0 aliphatic carbocycles. The standard InChI is InChI=1S/C19H26N8OS/c1-5-20-16-22-17(21-6-2)27-18(23-16)24-25-19(27)29-12-15(28)26(13(3)4)14-10-8-7-9-11-14/h7-11,13H,5-6,12H2,1-4H3,(H2,20,21,22,23,24). The topological polar surface area (TPSA) is 100 Å². The van der Waals surface area contributed by atoms with E-state index < -0.39 is 0 Å². The summed E-state index contributed by atoms with van der Waals surface area (Å²) >= 11 is 1.32. The first-order valence-corrected chi connectivity index (χ1v) is 10.6. The second-order valence-electron chi connectivity index (χ2n) is 6.53. The maximum atomic E-state index is 13.0. The third-order valence-corrected chi connectivity index (χ3v) is 4.97. The van der Waals surface area contributed by atoms with E-state index in [1.165, 1.54) is 11.8 Å². The van der Waals surface area contributed by atoms with Crippen LogP contribution >= 0.6 is 11.8 Å². The van der Waals surface area contributed by atoms with Crippen LogP contribution < -0.4 is 15.5 Å². The molecule has 0 aliphatic heterocycles. The number of carbonyl (C=O) groups is 1. The van der Waals surface area contributed by atoms with Gasteiger partial charge >= 0.3 is 0 Å². The number of fused-ring (bicyclic) bond motifs is 1. The molecule has 1 aromatic carbocycles. The van der Waals surface area contributed by atoms with Gasteiger partial charge in [0.15, 0.2) is 5.16 Å². The summed E-state index contributed by atoms with van der Waals surface area (Å²) in [6, 6.07) is 9.72. The molecule has 0 unspecified atom stereocenters. The third-order valence-electron chi connectivity index (χ3n) is 4.06. The van der Waals surface area contributed by atoms with Crippen molar-refractivity contribution in [1.29, 1.82) is 0 Å². The fourth-order valence-corrected chi connectivity index (χ4v) is 3.70. The van der Waals surface area contributed by atoms with Crippen LogP contribution in [0, 0.1) is 0 Å². The van der Waals surface area contributed by atoms with Gasteiger partial charge in [0.2, 0.25) is 17.8 Å². The molecule has 10 heteroatoms. The minimum Gasteiger partial charge on any atom is -0.355 e. The molecule has 3 aromatic rings. The Morgan fingerprint density at radius 3 is 2.48 bits per heavy atom. The Morgan fingerprint density at radius 1 is 1.10 bits per heavy atom. The van der Waals surface area contributed by atoms with E-state index >= 15 is 0 Å². The van der Waals surface area contributed by atoms with Crippen molar-refractivity contribution in [2.75, 3.05) is 34.4 Å². The molecule has 0 aliphatic rings. The maximum Gasteiger partial charge on any atom is 0.261 e. The highest BCUT2D eigenvalue weighted by Crippen LogP contribution is 2.23. The molecule has 0 spiro atoms. The molecule has 0 fully saturated rings. The molecule has 2 heterocycles. The third kappa shape index (κ3) is 4.76. The molecule has 0 radical (unpaired) electrons. The average Bonchev–Trinajstić information content (AvgIpc) is 3.11. The zero-order chi connectivity index (χ0) is 20.8. The first kappa shape index (κ1) is 20.8. The number of amides is 1. The molecule has 9 nitrogen and oxygen atoms in total. The van der Waals surface area contributed by atoms with Gasteiger partial charge < -0.3 is 15.5 Å². The van der Waals surface area contributed by atoms with Gasteiger partial charge in [0.05, 0.1) is 5.75 Å². The van der Waals surface area contributed by atoms with Gasteiger partial charge in [-0.2, -0.15) is 9.97 Å². The minimum atomic E-state index is 0.00291. The van der Waals surface area contributed by atoms with Crippen LogP contribution in [0.25, 0.3) is 5.78 Å². The lowest BCUT2D eigenvalue weighted by Gasteiger charge is -2.26. The highest BCUT2D eigenvalue weighted by atomic mass is 32.2. The quantitative estimate of drug-likeness (QED) is 0.516. The van der Waals surface area contributed by atoms with E-state index in [9.17, 15) is 4.79 Å². The Hall–Kier alpha value is -2.88. The predicted octanol–water partition coefficient (Wildman–Crippen LogP) is 2.92. The Bertz CT molecular complexity index is 960. The van der Waals surface area contributed by atoms with Crippen LogP contribution in [0.5, 0.6) is 0 Å². The molecule has 0 saturated heterocycles. The first-order valence-electron chi connectivity index (χ1n) is 9.66. The lowest BCUT2D eigenvalue weighted by molar-refractivity contribution is -0.116. The smallest absolute Gasteiger partial charge is 0.261 e. The number of aromatic nitrogens is 5. The second-order valence-corrected chi connectivity index (χ2v) is 7.47. The number of hydrogen-bond acceptors (Lipinski definition) is 8. The van der Waals surface area contributed by atoms with E-state index in [4.69, 9.17) is 0 Å². The highest BCUT2D eigenvalue weighted by molar-refractivity contribution is 7.99. The Labute approximate surface area is 174 Å². The van der Waals surface area contributed by atoms with Crippen molar-refractivity contribution in [3.05, 3.63) is 30.3 Å². The van der Waals surface area contributed by atoms with E-state index in [-0.39, 0.29) is 17.7 Å². The van der Waals surface area contributed by atoms with Crippen molar-refractivity contribution in [2.24, 2.45) is 0 Å². The molecule has 154 valence electrons. The summed E-state index contributed by atoms with van der Waals surface area (Å²) < 4.78 is 1.74. The number of thioether (sulfide) groups is 1. The number of carbonyl (C=O) groups excluding carboxylic acids is 1. The predicted molar refractivity (Wildman–Crippen MR) is 117 cm³/mol. The normalized spacial score (nSPS) is 11.1. The Balaban J connectivity index is 1.83. The van der Waals surface area contributed by atoms with Crippen LogP contribution in [0.1, 0.15) is 27.7 Å². The number of rotatable bonds is 9. The SMILES string of the molecule is CCNc1nc(NCC)n2c(SCC(=O)N(c3ccccc3)C(C)C)nnc2n1. The summed E-state index contributed by atoms with van der Waals surface area (Å²) in [7, 11) is 0. The molecular formula is C19H26N8OS. The minimum absolute atomic E-state index is 0.00291. The van der Waals surface area contributed by atoms with E-state index in [2.05, 4.69) is 30.8 Å². The van der Waals surface area contributed by atoms with Crippen molar-refractivity contribution in [3.63, 3.8) is 0 Å². The lowest BCUT2D eigenvalue weighted by Crippen LogP contribution is -2.38. The van der Waals surface area contributed by atoms with Crippen LogP contribution in [0.15, 0.2) is 35.5 Å². The molecule has 29 heavy (non-hydrogen) atoms. The summed E-state index contributed by atoms with van der Waals surface area (Å²) in [4.78, 5) is 23.6. The number of nitrogens with one attached hydrogen (secondary N) is 2. The van der Waals surface area contributed by atoms with E-state index in [1.807, 2.05) is 58.0 Å². The van der Waals surface area contributed by atoms with E-state index in [1.54, 1.807) is 9.30 Å². The molecular weight excluding hydrogens is 388 g/mol. The summed E-state index contributed by atoms with van der Waals surface area (Å²) in [6.07, 6.45) is 0. The van der Waals surface area contributed by atoms with E-state index in [0.29, 0.717) is 35.9 Å². The maximum absolute atomic E-state index is 13.0. The fraction of sp³-hybridized carbons (Fsp3) is 0.421. The number of para-hydroxylation sites is 1. The number of hydrogen-bond donors (Lipinski definition) is 2. The first-order chi connectivity index (χ1) is 14.0. The summed E-state index contributed by atoms with van der Waals surface area (Å²) in [5.41, 5.74) is 0.881. The van der Waals surface area contributed by atoms with Crippen LogP contribution in [0.3, 0.4) is 0 Å². The van der Waals surface area contributed by atoms with Crippen LogP contribution in [-0.4, -0.2) is 55.4 Å². The van der Waals surface area contributed by atoms with Crippen LogP contribution in [0.2, 0.25) is 0 Å². The number of nitrogens with zero attached hydrogens (tertiary/aromatic N) is 6. The van der Waals surface area contributed by atoms with Crippen molar-refractivity contribution >= 4 is 41.0 Å². The second kappa shape index (κ2) is 9.55. The lowest BCUT2D eigenvalue weighted by atomic mass is 10.2. The van der Waals surface area contributed by atoms with Gasteiger partial charge in [-0.05, 0) is 39.8 Å². The van der Waals surface area contributed by atoms with Gasteiger partial charge in [-0.15, -0.1) is 10.2 Å². The van der Waals surface area contributed by atoms with Gasteiger partial charge in [-0.3, -0.25) is 4.79 Å². The monoisotopic (exact) mass is 414 g/mol. The van der Waals surface area contributed by atoms with Crippen LogP contribution in [0.4, 0.5) is 17.6 Å².